The maximum atomic E-state index is 10.5. The molecule has 0 fully saturated rings. The Bertz CT molecular complexity index is 208. The highest BCUT2D eigenvalue weighted by Crippen LogP contribution is 2.44. The molecule has 1 atom stereocenters. The summed E-state index contributed by atoms with van der Waals surface area (Å²) in [5.74, 6) is 0. The molecule has 0 heterocycles. The lowest BCUT2D eigenvalue weighted by Crippen LogP contribution is -2.10. The Labute approximate surface area is 72.4 Å². The van der Waals surface area contributed by atoms with Crippen LogP contribution in [0.4, 0.5) is 0 Å². The Hall–Kier alpha value is -0.300. The molecular formula is C9H13ClO. The van der Waals surface area contributed by atoms with E-state index in [1.54, 1.807) is 0 Å². The number of hydrogen-bond donors (Lipinski definition) is 0. The summed E-state index contributed by atoms with van der Waals surface area (Å²) >= 11 is 5.89. The quantitative estimate of drug-likeness (QED) is 0.586. The maximum absolute atomic E-state index is 10.5. The van der Waals surface area contributed by atoms with Gasteiger partial charge >= 0.3 is 0 Å². The molecule has 1 unspecified atom stereocenters. The Morgan fingerprint density at radius 3 is 2.55 bits per heavy atom. The molecule has 0 N–H and O–H groups in total. The van der Waals surface area contributed by atoms with Crippen LogP contribution in [-0.2, 0) is 4.79 Å². The van der Waals surface area contributed by atoms with Crippen LogP contribution in [0.1, 0.15) is 33.1 Å². The summed E-state index contributed by atoms with van der Waals surface area (Å²) in [4.78, 5) is 10.5. The Morgan fingerprint density at radius 1 is 1.64 bits per heavy atom. The van der Waals surface area contributed by atoms with Gasteiger partial charge < -0.3 is 0 Å². The van der Waals surface area contributed by atoms with Crippen molar-refractivity contribution in [1.82, 2.24) is 0 Å². The molecule has 0 aliphatic heterocycles. The molecule has 1 rings (SSSR count). The molecule has 11 heavy (non-hydrogen) atoms. The molecule has 0 saturated carbocycles. The predicted molar refractivity (Wildman–Crippen MR) is 46.6 cm³/mol. The second-order valence-corrected chi connectivity index (χ2v) is 4.02. The van der Waals surface area contributed by atoms with Crippen molar-refractivity contribution >= 4 is 17.9 Å². The van der Waals surface area contributed by atoms with Crippen molar-refractivity contribution in [3.8, 4) is 0 Å². The van der Waals surface area contributed by atoms with Crippen LogP contribution in [0.3, 0.4) is 0 Å². The first-order valence-corrected chi connectivity index (χ1v) is 4.32. The van der Waals surface area contributed by atoms with Gasteiger partial charge in [0.1, 0.15) is 6.29 Å². The van der Waals surface area contributed by atoms with Gasteiger partial charge in [-0.05, 0) is 18.3 Å². The van der Waals surface area contributed by atoms with Crippen LogP contribution in [0.15, 0.2) is 10.6 Å². The molecule has 62 valence electrons. The fourth-order valence-electron chi connectivity index (χ4n) is 1.46. The van der Waals surface area contributed by atoms with Crippen LogP contribution in [0.2, 0.25) is 0 Å². The van der Waals surface area contributed by atoms with Gasteiger partial charge in [-0.25, -0.2) is 0 Å². The van der Waals surface area contributed by atoms with E-state index < -0.39 is 0 Å². The van der Waals surface area contributed by atoms with Crippen LogP contribution in [0.5, 0.6) is 0 Å². The number of aldehydes is 1. The second-order valence-electron chi connectivity index (χ2n) is 3.57. The SMILES string of the molecule is CCC1(C)CC(Cl)=C(C=O)C1. The third-order valence-corrected chi connectivity index (χ3v) is 2.92. The van der Waals surface area contributed by atoms with Crippen molar-refractivity contribution in [3.05, 3.63) is 10.6 Å². The van der Waals surface area contributed by atoms with Crippen molar-refractivity contribution in [1.29, 1.82) is 0 Å². The van der Waals surface area contributed by atoms with Gasteiger partial charge in [0.25, 0.3) is 0 Å². The van der Waals surface area contributed by atoms with Crippen molar-refractivity contribution < 1.29 is 4.79 Å². The Morgan fingerprint density at radius 2 is 2.27 bits per heavy atom. The molecule has 1 nitrogen and oxygen atoms in total. The molecule has 0 saturated heterocycles. The van der Waals surface area contributed by atoms with E-state index in [9.17, 15) is 4.79 Å². The fourth-order valence-corrected chi connectivity index (χ4v) is 1.90. The summed E-state index contributed by atoms with van der Waals surface area (Å²) < 4.78 is 0. The Kier molecular flexibility index (Phi) is 2.38. The predicted octanol–water partition coefficient (Wildman–Crippen LogP) is 2.89. The minimum atomic E-state index is 0.243. The lowest BCUT2D eigenvalue weighted by atomic mass is 9.84. The topological polar surface area (TPSA) is 17.1 Å². The molecule has 2 heteroatoms. The zero-order valence-electron chi connectivity index (χ0n) is 6.98. The van der Waals surface area contributed by atoms with Crippen LogP contribution < -0.4 is 0 Å². The van der Waals surface area contributed by atoms with Crippen LogP contribution in [0.25, 0.3) is 0 Å². The van der Waals surface area contributed by atoms with Gasteiger partial charge in [0.05, 0.1) is 0 Å². The third kappa shape index (κ3) is 1.64. The highest BCUT2D eigenvalue weighted by molar-refractivity contribution is 6.31. The highest BCUT2D eigenvalue weighted by Gasteiger charge is 2.31. The largest absolute Gasteiger partial charge is 0.298 e. The first-order chi connectivity index (χ1) is 5.11. The summed E-state index contributed by atoms with van der Waals surface area (Å²) in [6.45, 7) is 4.31. The van der Waals surface area contributed by atoms with E-state index in [1.165, 1.54) is 0 Å². The lowest BCUT2D eigenvalue weighted by molar-refractivity contribution is -0.105. The summed E-state index contributed by atoms with van der Waals surface area (Å²) in [6, 6.07) is 0. The summed E-state index contributed by atoms with van der Waals surface area (Å²) in [5, 5.41) is 0.768. The van der Waals surface area contributed by atoms with Gasteiger partial charge in [-0.1, -0.05) is 31.9 Å². The molecule has 0 spiro atoms. The highest BCUT2D eigenvalue weighted by atomic mass is 35.5. The molecular weight excluding hydrogens is 160 g/mol. The van der Waals surface area contributed by atoms with Crippen molar-refractivity contribution in [2.45, 2.75) is 33.1 Å². The first kappa shape index (κ1) is 8.79. The van der Waals surface area contributed by atoms with E-state index in [1.807, 2.05) is 0 Å². The molecule has 1 aliphatic carbocycles. The normalized spacial score (nSPS) is 31.2. The molecule has 0 amide bonds. The first-order valence-electron chi connectivity index (χ1n) is 3.94. The van der Waals surface area contributed by atoms with Crippen LogP contribution >= 0.6 is 11.6 Å². The maximum Gasteiger partial charge on any atom is 0.147 e. The van der Waals surface area contributed by atoms with E-state index in [0.29, 0.717) is 0 Å². The van der Waals surface area contributed by atoms with Gasteiger partial charge in [-0.15, -0.1) is 0 Å². The van der Waals surface area contributed by atoms with Gasteiger partial charge in [0.2, 0.25) is 0 Å². The van der Waals surface area contributed by atoms with E-state index >= 15 is 0 Å². The van der Waals surface area contributed by atoms with Crippen molar-refractivity contribution in [2.75, 3.05) is 0 Å². The van der Waals surface area contributed by atoms with Gasteiger partial charge in [-0.3, -0.25) is 4.79 Å². The number of carbonyl (C=O) groups is 1. The van der Waals surface area contributed by atoms with Crippen LogP contribution in [0, 0.1) is 5.41 Å². The average Bonchev–Trinajstić information content (AvgIpc) is 2.27. The standard InChI is InChI=1S/C9H13ClO/c1-3-9(2)4-7(6-11)8(10)5-9/h6H,3-5H2,1-2H3. The number of rotatable bonds is 2. The van der Waals surface area contributed by atoms with E-state index in [-0.39, 0.29) is 5.41 Å². The van der Waals surface area contributed by atoms with Gasteiger partial charge in [0.15, 0.2) is 0 Å². The number of halogens is 1. The smallest absolute Gasteiger partial charge is 0.147 e. The zero-order valence-corrected chi connectivity index (χ0v) is 7.74. The lowest BCUT2D eigenvalue weighted by Gasteiger charge is -2.20. The van der Waals surface area contributed by atoms with E-state index in [2.05, 4.69) is 13.8 Å². The van der Waals surface area contributed by atoms with E-state index in [0.717, 1.165) is 36.2 Å². The fraction of sp³-hybridized carbons (Fsp3) is 0.667. The van der Waals surface area contributed by atoms with Crippen molar-refractivity contribution in [3.63, 3.8) is 0 Å². The number of carbonyl (C=O) groups excluding carboxylic acids is 1. The minimum absolute atomic E-state index is 0.243. The van der Waals surface area contributed by atoms with Gasteiger partial charge in [-0.2, -0.15) is 0 Å². The second kappa shape index (κ2) is 2.98. The molecule has 0 aromatic heterocycles. The molecule has 0 radical (unpaired) electrons. The number of allylic oxidation sites excluding steroid dienone is 2. The van der Waals surface area contributed by atoms with Gasteiger partial charge in [0, 0.05) is 10.6 Å². The van der Waals surface area contributed by atoms with Crippen molar-refractivity contribution in [2.24, 2.45) is 5.41 Å². The average molecular weight is 173 g/mol. The molecule has 1 aliphatic rings. The summed E-state index contributed by atoms with van der Waals surface area (Å²) in [7, 11) is 0. The molecule has 0 aromatic carbocycles. The zero-order chi connectivity index (χ0) is 8.48. The van der Waals surface area contributed by atoms with Crippen LogP contribution in [-0.4, -0.2) is 6.29 Å². The summed E-state index contributed by atoms with van der Waals surface area (Å²) in [5.41, 5.74) is 1.05. The molecule has 0 bridgehead atoms. The Balaban J connectivity index is 2.74. The minimum Gasteiger partial charge on any atom is -0.298 e. The molecule has 0 aromatic rings. The number of hydrogen-bond acceptors (Lipinski definition) is 1. The van der Waals surface area contributed by atoms with E-state index in [4.69, 9.17) is 11.6 Å². The third-order valence-electron chi connectivity index (χ3n) is 2.54. The monoisotopic (exact) mass is 172 g/mol. The summed E-state index contributed by atoms with van der Waals surface area (Å²) in [6.07, 6.45) is 3.70.